The number of hydrogen-bond acceptors (Lipinski definition) is 8. The summed E-state index contributed by atoms with van der Waals surface area (Å²) in [6.07, 6.45) is 8.97. The van der Waals surface area contributed by atoms with Crippen LogP contribution in [0.1, 0.15) is 30.4 Å². The minimum Gasteiger partial charge on any atom is -0.495 e. The molecular weight excluding hydrogens is 482 g/mol. The maximum Gasteiger partial charge on any atom is 0.222 e. The van der Waals surface area contributed by atoms with Gasteiger partial charge in [0.1, 0.15) is 17.6 Å². The van der Waals surface area contributed by atoms with E-state index in [1.165, 1.54) is 6.20 Å². The van der Waals surface area contributed by atoms with Gasteiger partial charge in [0, 0.05) is 30.6 Å². The van der Waals surface area contributed by atoms with Crippen LogP contribution in [-0.2, 0) is 11.2 Å². The molecule has 2 N–H and O–H groups in total. The SMILES string of the molecule is COc1cc(-c2cnc(N3CCC(Cc4ccccc4)(NC(=O)CCO)CC3)cn2)c2c(C#N)cnn2c1. The summed E-state index contributed by atoms with van der Waals surface area (Å²) in [4.78, 5) is 24.0. The largest absolute Gasteiger partial charge is 0.495 e. The van der Waals surface area contributed by atoms with Gasteiger partial charge in [0.05, 0.1) is 55.3 Å². The normalized spacial score (nSPS) is 14.7. The van der Waals surface area contributed by atoms with Crippen LogP contribution in [0.4, 0.5) is 5.82 Å². The van der Waals surface area contributed by atoms with Crippen LogP contribution in [0.3, 0.4) is 0 Å². The van der Waals surface area contributed by atoms with Gasteiger partial charge in [-0.25, -0.2) is 9.50 Å². The van der Waals surface area contributed by atoms with Crippen molar-refractivity contribution in [1.29, 1.82) is 5.26 Å². The summed E-state index contributed by atoms with van der Waals surface area (Å²) in [6, 6.07) is 14.2. The zero-order valence-electron chi connectivity index (χ0n) is 21.2. The van der Waals surface area contributed by atoms with Crippen molar-refractivity contribution in [1.82, 2.24) is 24.9 Å². The molecule has 1 amide bonds. The number of nitrogens with zero attached hydrogens (tertiary/aromatic N) is 6. The number of aliphatic hydroxyl groups excluding tert-OH is 1. The molecule has 3 aromatic heterocycles. The highest BCUT2D eigenvalue weighted by Crippen LogP contribution is 2.32. The second-order valence-corrected chi connectivity index (χ2v) is 9.47. The molecule has 38 heavy (non-hydrogen) atoms. The lowest BCUT2D eigenvalue weighted by atomic mass is 9.81. The second-order valence-electron chi connectivity index (χ2n) is 9.47. The molecule has 194 valence electrons. The van der Waals surface area contributed by atoms with Crippen molar-refractivity contribution in [2.45, 2.75) is 31.2 Å². The average molecular weight is 512 g/mol. The highest BCUT2D eigenvalue weighted by atomic mass is 16.5. The number of fused-ring (bicyclic) bond motifs is 1. The Balaban J connectivity index is 1.36. The van der Waals surface area contributed by atoms with Crippen LogP contribution in [0.15, 0.2) is 61.2 Å². The predicted molar refractivity (Wildman–Crippen MR) is 142 cm³/mol. The van der Waals surface area contributed by atoms with Gasteiger partial charge in [0.15, 0.2) is 0 Å². The van der Waals surface area contributed by atoms with Gasteiger partial charge in [-0.05, 0) is 30.9 Å². The number of aliphatic hydroxyl groups is 1. The minimum absolute atomic E-state index is 0.0927. The van der Waals surface area contributed by atoms with Gasteiger partial charge >= 0.3 is 0 Å². The number of nitrogens with one attached hydrogen (secondary N) is 1. The molecular formula is C28H29N7O3. The minimum atomic E-state index is -0.390. The van der Waals surface area contributed by atoms with E-state index in [2.05, 4.69) is 38.5 Å². The fraction of sp³-hybridized carbons (Fsp3) is 0.321. The Morgan fingerprint density at radius 1 is 1.18 bits per heavy atom. The third kappa shape index (κ3) is 5.14. The number of benzene rings is 1. The lowest BCUT2D eigenvalue weighted by Crippen LogP contribution is -2.57. The number of rotatable bonds is 8. The van der Waals surface area contributed by atoms with E-state index in [9.17, 15) is 15.2 Å². The number of hydrogen-bond donors (Lipinski definition) is 2. The fourth-order valence-corrected chi connectivity index (χ4v) is 5.07. The van der Waals surface area contributed by atoms with Crippen molar-refractivity contribution in [2.75, 3.05) is 31.7 Å². The summed E-state index contributed by atoms with van der Waals surface area (Å²) in [7, 11) is 1.58. The Hall–Kier alpha value is -4.49. The lowest BCUT2D eigenvalue weighted by Gasteiger charge is -2.43. The number of carbonyl (C=O) groups excluding carboxylic acids is 1. The predicted octanol–water partition coefficient (Wildman–Crippen LogP) is 2.75. The van der Waals surface area contributed by atoms with Crippen molar-refractivity contribution in [3.05, 3.63) is 72.3 Å². The molecule has 5 rings (SSSR count). The Labute approximate surface area is 220 Å². The molecule has 0 saturated carbocycles. The van der Waals surface area contributed by atoms with Crippen LogP contribution >= 0.6 is 0 Å². The van der Waals surface area contributed by atoms with Crippen molar-refractivity contribution in [2.24, 2.45) is 0 Å². The van der Waals surface area contributed by atoms with E-state index in [-0.39, 0.29) is 24.5 Å². The molecule has 4 heterocycles. The van der Waals surface area contributed by atoms with E-state index in [1.54, 1.807) is 30.2 Å². The molecule has 10 nitrogen and oxygen atoms in total. The zero-order chi connectivity index (χ0) is 26.5. The molecule has 0 aliphatic carbocycles. The van der Waals surface area contributed by atoms with Crippen molar-refractivity contribution >= 4 is 17.2 Å². The summed E-state index contributed by atoms with van der Waals surface area (Å²) in [5.41, 5.74) is 3.20. The first-order valence-corrected chi connectivity index (χ1v) is 12.5. The van der Waals surface area contributed by atoms with Crippen LogP contribution < -0.4 is 15.0 Å². The van der Waals surface area contributed by atoms with Gasteiger partial charge in [-0.1, -0.05) is 30.3 Å². The molecule has 0 spiro atoms. The summed E-state index contributed by atoms with van der Waals surface area (Å²) in [6.45, 7) is 1.23. The van der Waals surface area contributed by atoms with Gasteiger partial charge < -0.3 is 20.1 Å². The highest BCUT2D eigenvalue weighted by molar-refractivity contribution is 5.83. The van der Waals surface area contributed by atoms with Crippen molar-refractivity contribution in [3.63, 3.8) is 0 Å². The third-order valence-electron chi connectivity index (χ3n) is 7.03. The first-order valence-electron chi connectivity index (χ1n) is 12.5. The molecule has 0 radical (unpaired) electrons. The summed E-state index contributed by atoms with van der Waals surface area (Å²) >= 11 is 0. The van der Waals surface area contributed by atoms with Crippen LogP contribution in [0.5, 0.6) is 5.75 Å². The van der Waals surface area contributed by atoms with Crippen LogP contribution in [0, 0.1) is 11.3 Å². The van der Waals surface area contributed by atoms with Crippen molar-refractivity contribution in [3.8, 4) is 23.1 Å². The summed E-state index contributed by atoms with van der Waals surface area (Å²) in [5, 5.41) is 26.2. The number of nitriles is 1. The number of pyridine rings is 1. The van der Waals surface area contributed by atoms with E-state index in [4.69, 9.17) is 9.72 Å². The van der Waals surface area contributed by atoms with E-state index in [1.807, 2.05) is 24.3 Å². The Kier molecular flexibility index (Phi) is 7.20. The van der Waals surface area contributed by atoms with E-state index >= 15 is 0 Å². The van der Waals surface area contributed by atoms with Gasteiger partial charge in [-0.3, -0.25) is 9.78 Å². The van der Waals surface area contributed by atoms with Crippen LogP contribution in [0.2, 0.25) is 0 Å². The molecule has 1 aromatic carbocycles. The number of piperidine rings is 1. The standard InChI is InChI=1S/C28H29N7O3/c1-38-22-13-23(27-21(15-29)16-32-35(27)19-22)24-17-31-25(18-30-24)34-10-8-28(9-11-34,33-26(37)7-12-36)14-20-5-3-2-4-6-20/h2-6,13,16-19,36H,7-12,14H2,1H3,(H,33,37). The monoisotopic (exact) mass is 511 g/mol. The second kappa shape index (κ2) is 10.9. The molecule has 0 bridgehead atoms. The van der Waals surface area contributed by atoms with E-state index in [0.29, 0.717) is 41.2 Å². The molecule has 1 aliphatic rings. The number of methoxy groups -OCH3 is 1. The maximum absolute atomic E-state index is 12.5. The Morgan fingerprint density at radius 3 is 2.63 bits per heavy atom. The molecule has 4 aromatic rings. The Bertz CT molecular complexity index is 1450. The molecule has 1 fully saturated rings. The topological polar surface area (TPSA) is 129 Å². The number of carbonyl (C=O) groups is 1. The third-order valence-corrected chi connectivity index (χ3v) is 7.03. The van der Waals surface area contributed by atoms with E-state index < -0.39 is 0 Å². The average Bonchev–Trinajstić information content (AvgIpc) is 3.37. The molecule has 0 unspecified atom stereocenters. The number of amides is 1. The van der Waals surface area contributed by atoms with Crippen molar-refractivity contribution < 1.29 is 14.6 Å². The molecule has 1 aliphatic heterocycles. The fourth-order valence-electron chi connectivity index (χ4n) is 5.07. The number of aromatic nitrogens is 4. The smallest absolute Gasteiger partial charge is 0.222 e. The van der Waals surface area contributed by atoms with Gasteiger partial charge in [0.25, 0.3) is 0 Å². The quantitative estimate of drug-likeness (QED) is 0.370. The molecule has 0 atom stereocenters. The Morgan fingerprint density at radius 2 is 1.97 bits per heavy atom. The molecule has 1 saturated heterocycles. The summed E-state index contributed by atoms with van der Waals surface area (Å²) in [5.74, 6) is 1.21. The van der Waals surface area contributed by atoms with Crippen LogP contribution in [-0.4, -0.2) is 62.9 Å². The number of anilines is 1. The molecule has 10 heteroatoms. The highest BCUT2D eigenvalue weighted by Gasteiger charge is 2.36. The number of ether oxygens (including phenoxy) is 1. The summed E-state index contributed by atoms with van der Waals surface area (Å²) < 4.78 is 7.02. The van der Waals surface area contributed by atoms with Gasteiger partial charge in [-0.2, -0.15) is 10.4 Å². The maximum atomic E-state index is 12.5. The van der Waals surface area contributed by atoms with Gasteiger partial charge in [0.2, 0.25) is 5.91 Å². The van der Waals surface area contributed by atoms with E-state index in [0.717, 1.165) is 30.6 Å². The zero-order valence-corrected chi connectivity index (χ0v) is 21.2. The first-order chi connectivity index (χ1) is 18.5. The van der Waals surface area contributed by atoms with Gasteiger partial charge in [-0.15, -0.1) is 0 Å². The first kappa shape index (κ1) is 25.2. The lowest BCUT2D eigenvalue weighted by molar-refractivity contribution is -0.124. The van der Waals surface area contributed by atoms with Crippen LogP contribution in [0.25, 0.3) is 16.8 Å².